The lowest BCUT2D eigenvalue weighted by atomic mass is 9.95. The Balaban J connectivity index is 1.40. The Bertz CT molecular complexity index is 1700. The Labute approximate surface area is 286 Å². The maximum absolute atomic E-state index is 12.8. The molecule has 1 atom stereocenters. The van der Waals surface area contributed by atoms with E-state index in [0.717, 1.165) is 9.13 Å². The van der Waals surface area contributed by atoms with E-state index in [1.807, 2.05) is 25.1 Å². The first-order valence-electron chi connectivity index (χ1n) is 14.3. The fourth-order valence-corrected chi connectivity index (χ4v) is 5.56. The number of amides is 1. The third-order valence-electron chi connectivity index (χ3n) is 6.55. The van der Waals surface area contributed by atoms with Gasteiger partial charge in [0, 0.05) is 11.3 Å². The quantitative estimate of drug-likeness (QED) is 0.0716. The second kappa shape index (κ2) is 16.6. The lowest BCUT2D eigenvalue weighted by molar-refractivity contribution is -0.139. The highest BCUT2D eigenvalue weighted by Crippen LogP contribution is 2.35. The van der Waals surface area contributed by atoms with Crippen LogP contribution >= 0.6 is 34.8 Å². The monoisotopic (exact) mass is 753 g/mol. The number of esters is 1. The van der Waals surface area contributed by atoms with Gasteiger partial charge in [-0.3, -0.25) is 4.79 Å². The number of thiocarbonyl (C=S) groups is 1. The maximum atomic E-state index is 12.8. The molecular formula is C33H32IN5O6S. The highest BCUT2D eigenvalue weighted by Gasteiger charge is 2.32. The molecule has 0 radical (unpaired) electrons. The zero-order chi connectivity index (χ0) is 33.1. The number of hydrogen-bond donors (Lipinski definition) is 3. The summed E-state index contributed by atoms with van der Waals surface area (Å²) in [4.78, 5) is 25.4. The van der Waals surface area contributed by atoms with Crippen LogP contribution in [0.4, 0.5) is 0 Å². The fourth-order valence-electron chi connectivity index (χ4n) is 4.51. The van der Waals surface area contributed by atoms with Crippen LogP contribution in [-0.2, 0) is 20.9 Å². The summed E-state index contributed by atoms with van der Waals surface area (Å²) in [5, 5.41) is 19.5. The van der Waals surface area contributed by atoms with Gasteiger partial charge in [-0.1, -0.05) is 30.3 Å². The molecule has 0 aliphatic carbocycles. The van der Waals surface area contributed by atoms with Gasteiger partial charge in [-0.15, -0.1) is 0 Å². The van der Waals surface area contributed by atoms with E-state index >= 15 is 0 Å². The van der Waals surface area contributed by atoms with Crippen molar-refractivity contribution in [3.63, 3.8) is 0 Å². The molecule has 0 saturated carbocycles. The van der Waals surface area contributed by atoms with E-state index in [1.54, 1.807) is 56.3 Å². The number of halogens is 1. The summed E-state index contributed by atoms with van der Waals surface area (Å²) in [5.41, 5.74) is 6.21. The minimum atomic E-state index is -0.636. The number of para-hydroxylation sites is 1. The summed E-state index contributed by atoms with van der Waals surface area (Å²) in [6.07, 6.45) is 1.50. The van der Waals surface area contributed by atoms with E-state index in [9.17, 15) is 9.59 Å². The highest BCUT2D eigenvalue weighted by molar-refractivity contribution is 14.1. The number of carbonyl (C=O) groups excluding carboxylic acids is 2. The van der Waals surface area contributed by atoms with Crippen molar-refractivity contribution in [3.8, 4) is 23.3 Å². The van der Waals surface area contributed by atoms with Crippen molar-refractivity contribution in [1.29, 1.82) is 5.26 Å². The van der Waals surface area contributed by atoms with Crippen LogP contribution in [0.1, 0.15) is 49.1 Å². The van der Waals surface area contributed by atoms with Crippen molar-refractivity contribution in [2.45, 2.75) is 33.4 Å². The topological polar surface area (TPSA) is 143 Å². The number of ether oxygens (including phenoxy) is 4. The van der Waals surface area contributed by atoms with Crippen molar-refractivity contribution in [1.82, 2.24) is 16.1 Å². The van der Waals surface area contributed by atoms with Crippen LogP contribution in [0.2, 0.25) is 0 Å². The van der Waals surface area contributed by atoms with E-state index in [2.05, 4.69) is 49.8 Å². The molecule has 1 heterocycles. The van der Waals surface area contributed by atoms with E-state index < -0.39 is 17.9 Å². The van der Waals surface area contributed by atoms with Gasteiger partial charge in [0.05, 0.1) is 46.2 Å². The van der Waals surface area contributed by atoms with Crippen LogP contribution in [0.3, 0.4) is 0 Å². The average Bonchev–Trinajstić information content (AvgIpc) is 3.03. The van der Waals surface area contributed by atoms with Gasteiger partial charge in [0.25, 0.3) is 5.91 Å². The smallest absolute Gasteiger partial charge is 0.338 e. The van der Waals surface area contributed by atoms with Gasteiger partial charge in [-0.05, 0) is 97.0 Å². The Kier molecular flexibility index (Phi) is 12.3. The van der Waals surface area contributed by atoms with E-state index in [0.29, 0.717) is 63.5 Å². The van der Waals surface area contributed by atoms with Crippen LogP contribution in [0.25, 0.3) is 0 Å². The number of carbonyl (C=O) groups is 2. The Morgan fingerprint density at radius 1 is 1.07 bits per heavy atom. The third-order valence-corrected chi connectivity index (χ3v) is 7.58. The summed E-state index contributed by atoms with van der Waals surface area (Å²) in [6, 6.07) is 19.3. The van der Waals surface area contributed by atoms with Crippen molar-refractivity contribution < 1.29 is 28.5 Å². The van der Waals surface area contributed by atoms with Gasteiger partial charge < -0.3 is 29.6 Å². The molecule has 1 aliphatic rings. The summed E-state index contributed by atoms with van der Waals surface area (Å²) < 4.78 is 23.8. The van der Waals surface area contributed by atoms with Crippen molar-refractivity contribution in [2.75, 3.05) is 19.8 Å². The van der Waals surface area contributed by atoms with Gasteiger partial charge in [-0.2, -0.15) is 10.4 Å². The highest BCUT2D eigenvalue weighted by atomic mass is 127. The van der Waals surface area contributed by atoms with E-state index in [1.165, 1.54) is 6.21 Å². The molecule has 0 unspecified atom stereocenters. The van der Waals surface area contributed by atoms with Gasteiger partial charge >= 0.3 is 5.97 Å². The number of hydrazone groups is 1. The predicted molar refractivity (Wildman–Crippen MR) is 184 cm³/mol. The van der Waals surface area contributed by atoms with Crippen LogP contribution < -0.4 is 30.3 Å². The van der Waals surface area contributed by atoms with E-state index in [4.69, 9.17) is 36.4 Å². The second-order valence-electron chi connectivity index (χ2n) is 9.77. The van der Waals surface area contributed by atoms with Crippen molar-refractivity contribution in [2.24, 2.45) is 5.10 Å². The summed E-state index contributed by atoms with van der Waals surface area (Å²) >= 11 is 7.48. The van der Waals surface area contributed by atoms with Crippen LogP contribution in [-0.4, -0.2) is 43.0 Å². The second-order valence-corrected chi connectivity index (χ2v) is 11.3. The van der Waals surface area contributed by atoms with Crippen LogP contribution in [0.5, 0.6) is 17.2 Å². The zero-order valence-corrected chi connectivity index (χ0v) is 28.4. The molecule has 4 rings (SSSR count). The Hall–Kier alpha value is -4.68. The largest absolute Gasteiger partial charge is 0.490 e. The number of allylic oxidation sites excluding steroid dienone is 1. The molecule has 1 amide bonds. The molecule has 0 saturated heterocycles. The maximum Gasteiger partial charge on any atom is 0.338 e. The number of rotatable bonds is 13. The van der Waals surface area contributed by atoms with Gasteiger partial charge in [-0.25, -0.2) is 10.2 Å². The molecule has 0 fully saturated rings. The lowest BCUT2D eigenvalue weighted by Gasteiger charge is -2.30. The standard InChI is InChI=1S/C33H32IN5O6S/c1-4-42-27-15-23(14-25(34)31(27)45-18-22-12-10-21(16-35)11-13-22)17-36-39-28(40)19-44-26-9-7-6-8-24(26)30-29(32(41)43-5-2)20(3)37-33(46)38-30/h6-15,17,30H,4-5,18-19H2,1-3H3,(H,39,40)(H2,37,38,46)/t30-/m0/s1. The number of nitrogens with one attached hydrogen (secondary N) is 3. The Morgan fingerprint density at radius 2 is 1.83 bits per heavy atom. The SMILES string of the molecule is CCOC(=O)C1=C(C)NC(=S)N[C@H]1c1ccccc1OCC(=O)NN=Cc1cc(I)c(OCc2ccc(C#N)cc2)c(OCC)c1. The number of benzene rings is 3. The molecule has 0 bridgehead atoms. The van der Waals surface area contributed by atoms with Crippen LogP contribution in [0, 0.1) is 14.9 Å². The first-order chi connectivity index (χ1) is 22.2. The first-order valence-corrected chi connectivity index (χ1v) is 15.8. The molecule has 0 aromatic heterocycles. The molecule has 46 heavy (non-hydrogen) atoms. The molecule has 3 aromatic carbocycles. The molecule has 0 spiro atoms. The Morgan fingerprint density at radius 3 is 2.54 bits per heavy atom. The number of hydrogen-bond acceptors (Lipinski definition) is 9. The average molecular weight is 754 g/mol. The van der Waals surface area contributed by atoms with Crippen molar-refractivity contribution in [3.05, 3.63) is 97.8 Å². The van der Waals surface area contributed by atoms with Gasteiger partial charge in [0.15, 0.2) is 23.2 Å². The molecule has 3 aromatic rings. The van der Waals surface area contributed by atoms with Crippen LogP contribution in [0.15, 0.2) is 77.0 Å². The third kappa shape index (κ3) is 8.95. The first kappa shape index (κ1) is 34.2. The fraction of sp³-hybridized carbons (Fsp3) is 0.242. The summed E-state index contributed by atoms with van der Waals surface area (Å²) in [7, 11) is 0. The summed E-state index contributed by atoms with van der Waals surface area (Å²) in [5.74, 6) is 0.543. The van der Waals surface area contributed by atoms with Gasteiger partial charge in [0.1, 0.15) is 12.4 Å². The molecular weight excluding hydrogens is 721 g/mol. The van der Waals surface area contributed by atoms with Gasteiger partial charge in [0.2, 0.25) is 0 Å². The van der Waals surface area contributed by atoms with E-state index in [-0.39, 0.29) is 13.2 Å². The minimum Gasteiger partial charge on any atom is -0.490 e. The molecule has 1 aliphatic heterocycles. The molecule has 11 nitrogen and oxygen atoms in total. The lowest BCUT2D eigenvalue weighted by Crippen LogP contribution is -2.45. The molecule has 3 N–H and O–H groups in total. The van der Waals surface area contributed by atoms with Crippen molar-refractivity contribution >= 4 is 58.0 Å². The minimum absolute atomic E-state index is 0.218. The number of nitriles is 1. The molecule has 238 valence electrons. The summed E-state index contributed by atoms with van der Waals surface area (Å²) in [6.45, 7) is 5.97. The normalized spacial score (nSPS) is 14.2. The number of nitrogens with zero attached hydrogens (tertiary/aromatic N) is 2. The zero-order valence-electron chi connectivity index (χ0n) is 25.4. The molecule has 13 heteroatoms. The predicted octanol–water partition coefficient (Wildman–Crippen LogP) is 5.03.